The van der Waals surface area contributed by atoms with Gasteiger partial charge in [-0.15, -0.1) is 0 Å². The predicted octanol–water partition coefficient (Wildman–Crippen LogP) is 5.28. The minimum absolute atomic E-state index is 0.131. The van der Waals surface area contributed by atoms with E-state index in [1.165, 1.54) is 0 Å². The molecule has 3 N–H and O–H groups in total. The Labute approximate surface area is 197 Å². The summed E-state index contributed by atoms with van der Waals surface area (Å²) in [5.74, 6) is -0.0311. The molecule has 0 bridgehead atoms. The molecule has 0 radical (unpaired) electrons. The summed E-state index contributed by atoms with van der Waals surface area (Å²) in [4.78, 5) is 24.8. The summed E-state index contributed by atoms with van der Waals surface area (Å²) in [6, 6.07) is 12.2. The second kappa shape index (κ2) is 13.1. The van der Waals surface area contributed by atoms with Crippen molar-refractivity contribution in [2.45, 2.75) is 39.5 Å². The van der Waals surface area contributed by atoms with Crippen LogP contribution in [-0.2, 0) is 0 Å². The normalized spacial score (nSPS) is 10.3. The number of thiocarbonyl (C=S) groups is 1. The van der Waals surface area contributed by atoms with Gasteiger partial charge in [-0.05, 0) is 62.0 Å². The van der Waals surface area contributed by atoms with E-state index in [1.54, 1.807) is 36.4 Å². The quantitative estimate of drug-likeness (QED) is 0.302. The van der Waals surface area contributed by atoms with E-state index in [0.717, 1.165) is 30.2 Å². The number of carbonyl (C=O) groups excluding carboxylic acids is 2. The zero-order chi connectivity index (χ0) is 22.6. The average Bonchev–Trinajstić information content (AvgIpc) is 2.74. The maximum atomic E-state index is 12.8. The fourth-order valence-electron chi connectivity index (χ4n) is 2.85. The highest BCUT2D eigenvalue weighted by molar-refractivity contribution is 9.10. The molecule has 0 aromatic heterocycles. The number of amides is 2. The third-order valence-corrected chi connectivity index (χ3v) is 5.09. The maximum Gasteiger partial charge on any atom is 0.261 e. The second-order valence-electron chi connectivity index (χ2n) is 6.90. The first-order chi connectivity index (χ1) is 14.9. The molecule has 0 aliphatic carbocycles. The van der Waals surface area contributed by atoms with E-state index in [2.05, 4.69) is 38.8 Å². The molecule has 0 heterocycles. The number of nitrogens with one attached hydrogen (secondary N) is 3. The van der Waals surface area contributed by atoms with Crippen molar-refractivity contribution in [3.63, 3.8) is 0 Å². The van der Waals surface area contributed by atoms with Gasteiger partial charge in [0, 0.05) is 22.3 Å². The standard InChI is InChI=1S/C23H28BrN3O3S/c1-3-5-6-7-13-30-20-12-11-17(24)15-19(20)22(29)27-23(31)26-18-10-8-9-16(14-18)21(28)25-4-2/h8-12,14-15H,3-7,13H2,1-2H3,(H,25,28)(H2,26,27,29,31). The molecule has 0 saturated carbocycles. The number of rotatable bonds is 10. The monoisotopic (exact) mass is 505 g/mol. The third kappa shape index (κ3) is 8.30. The molecule has 8 heteroatoms. The lowest BCUT2D eigenvalue weighted by molar-refractivity contribution is 0.0952. The summed E-state index contributed by atoms with van der Waals surface area (Å²) in [6.45, 7) is 5.11. The molecule has 2 aromatic rings. The Morgan fingerprint density at radius 1 is 1.03 bits per heavy atom. The molecule has 0 aliphatic rings. The molecular formula is C23H28BrN3O3S. The second-order valence-corrected chi connectivity index (χ2v) is 8.22. The Bertz CT molecular complexity index is 921. The summed E-state index contributed by atoms with van der Waals surface area (Å²) in [6.07, 6.45) is 4.35. The van der Waals surface area contributed by atoms with Crippen LogP contribution in [0.15, 0.2) is 46.9 Å². The van der Waals surface area contributed by atoms with E-state index >= 15 is 0 Å². The van der Waals surface area contributed by atoms with Crippen molar-refractivity contribution in [3.8, 4) is 5.75 Å². The van der Waals surface area contributed by atoms with Crippen LogP contribution in [0.25, 0.3) is 0 Å². The van der Waals surface area contributed by atoms with Crippen molar-refractivity contribution in [1.82, 2.24) is 10.6 Å². The summed E-state index contributed by atoms with van der Waals surface area (Å²) in [7, 11) is 0. The van der Waals surface area contributed by atoms with Crippen LogP contribution in [0.2, 0.25) is 0 Å². The van der Waals surface area contributed by atoms with Crippen molar-refractivity contribution < 1.29 is 14.3 Å². The molecule has 2 amide bonds. The van der Waals surface area contributed by atoms with Crippen LogP contribution in [0.4, 0.5) is 5.69 Å². The van der Waals surface area contributed by atoms with Gasteiger partial charge >= 0.3 is 0 Å². The molecule has 0 atom stereocenters. The number of carbonyl (C=O) groups is 2. The smallest absolute Gasteiger partial charge is 0.261 e. The SMILES string of the molecule is CCCCCCOc1ccc(Br)cc1C(=O)NC(=S)Nc1cccc(C(=O)NCC)c1. The average molecular weight is 506 g/mol. The van der Waals surface area contributed by atoms with Crippen LogP contribution in [0.3, 0.4) is 0 Å². The minimum atomic E-state index is -0.373. The van der Waals surface area contributed by atoms with Gasteiger partial charge in [-0.2, -0.15) is 0 Å². The van der Waals surface area contributed by atoms with Gasteiger partial charge in [0.1, 0.15) is 5.75 Å². The summed E-state index contributed by atoms with van der Waals surface area (Å²) >= 11 is 8.69. The largest absolute Gasteiger partial charge is 0.493 e. The van der Waals surface area contributed by atoms with E-state index in [4.69, 9.17) is 17.0 Å². The van der Waals surface area contributed by atoms with Crippen molar-refractivity contribution >= 4 is 50.8 Å². The van der Waals surface area contributed by atoms with Crippen molar-refractivity contribution in [2.24, 2.45) is 0 Å². The van der Waals surface area contributed by atoms with Crippen LogP contribution in [-0.4, -0.2) is 30.1 Å². The Morgan fingerprint density at radius 2 is 1.84 bits per heavy atom. The Hall–Kier alpha value is -2.45. The van der Waals surface area contributed by atoms with Gasteiger partial charge in [-0.25, -0.2) is 0 Å². The van der Waals surface area contributed by atoms with Crippen LogP contribution < -0.4 is 20.7 Å². The van der Waals surface area contributed by atoms with Crippen LogP contribution >= 0.6 is 28.1 Å². The number of halogens is 1. The maximum absolute atomic E-state index is 12.8. The lowest BCUT2D eigenvalue weighted by Gasteiger charge is -2.14. The molecule has 0 saturated heterocycles. The topological polar surface area (TPSA) is 79.5 Å². The number of hydrogen-bond donors (Lipinski definition) is 3. The Balaban J connectivity index is 2.01. The molecule has 0 spiro atoms. The lowest BCUT2D eigenvalue weighted by atomic mass is 10.2. The van der Waals surface area contributed by atoms with E-state index < -0.39 is 0 Å². The van der Waals surface area contributed by atoms with Crippen LogP contribution in [0.1, 0.15) is 60.2 Å². The Kier molecular flexibility index (Phi) is 10.5. The molecule has 2 rings (SSSR count). The van der Waals surface area contributed by atoms with Gasteiger partial charge in [0.2, 0.25) is 0 Å². The number of unbranched alkanes of at least 4 members (excludes halogenated alkanes) is 3. The molecular weight excluding hydrogens is 478 g/mol. The first-order valence-electron chi connectivity index (χ1n) is 10.4. The fraction of sp³-hybridized carbons (Fsp3) is 0.348. The molecule has 31 heavy (non-hydrogen) atoms. The fourth-order valence-corrected chi connectivity index (χ4v) is 3.42. The number of hydrogen-bond acceptors (Lipinski definition) is 4. The highest BCUT2D eigenvalue weighted by atomic mass is 79.9. The number of anilines is 1. The van der Waals surface area contributed by atoms with Gasteiger partial charge in [0.25, 0.3) is 11.8 Å². The van der Waals surface area contributed by atoms with E-state index in [-0.39, 0.29) is 16.9 Å². The summed E-state index contributed by atoms with van der Waals surface area (Å²) in [5.41, 5.74) is 1.51. The zero-order valence-corrected chi connectivity index (χ0v) is 20.2. The highest BCUT2D eigenvalue weighted by Gasteiger charge is 2.15. The van der Waals surface area contributed by atoms with Crippen LogP contribution in [0, 0.1) is 0 Å². The third-order valence-electron chi connectivity index (χ3n) is 4.39. The van der Waals surface area contributed by atoms with Crippen molar-refractivity contribution in [3.05, 3.63) is 58.1 Å². The molecule has 0 unspecified atom stereocenters. The lowest BCUT2D eigenvalue weighted by Crippen LogP contribution is -2.34. The van der Waals surface area contributed by atoms with Gasteiger partial charge in [-0.3, -0.25) is 14.9 Å². The van der Waals surface area contributed by atoms with Gasteiger partial charge < -0.3 is 15.4 Å². The number of ether oxygens (including phenoxy) is 1. The van der Waals surface area contributed by atoms with Crippen LogP contribution in [0.5, 0.6) is 5.75 Å². The molecule has 166 valence electrons. The zero-order valence-electron chi connectivity index (χ0n) is 17.8. The van der Waals surface area contributed by atoms with Gasteiger partial charge in [0.05, 0.1) is 12.2 Å². The molecule has 0 aliphatic heterocycles. The molecule has 2 aromatic carbocycles. The van der Waals surface area contributed by atoms with E-state index in [0.29, 0.717) is 35.7 Å². The summed E-state index contributed by atoms with van der Waals surface area (Å²) in [5, 5.41) is 8.50. The van der Waals surface area contributed by atoms with Crippen molar-refractivity contribution in [2.75, 3.05) is 18.5 Å². The molecule has 6 nitrogen and oxygen atoms in total. The van der Waals surface area contributed by atoms with Gasteiger partial charge in [0.15, 0.2) is 5.11 Å². The highest BCUT2D eigenvalue weighted by Crippen LogP contribution is 2.24. The Morgan fingerprint density at radius 3 is 2.58 bits per heavy atom. The first-order valence-corrected chi connectivity index (χ1v) is 11.6. The van der Waals surface area contributed by atoms with Gasteiger partial charge in [-0.1, -0.05) is 48.2 Å². The number of benzene rings is 2. The summed E-state index contributed by atoms with van der Waals surface area (Å²) < 4.78 is 6.60. The first kappa shape index (κ1) is 24.8. The van der Waals surface area contributed by atoms with E-state index in [9.17, 15) is 9.59 Å². The van der Waals surface area contributed by atoms with Crippen molar-refractivity contribution in [1.29, 1.82) is 0 Å². The predicted molar refractivity (Wildman–Crippen MR) is 132 cm³/mol. The van der Waals surface area contributed by atoms with E-state index in [1.807, 2.05) is 13.0 Å². The minimum Gasteiger partial charge on any atom is -0.493 e. The molecule has 0 fully saturated rings.